The van der Waals surface area contributed by atoms with Gasteiger partial charge in [0.1, 0.15) is 0 Å². The molecule has 0 aliphatic carbocycles. The van der Waals surface area contributed by atoms with Gasteiger partial charge < -0.3 is 15.2 Å². The number of H-pyrrole nitrogens is 1. The third kappa shape index (κ3) is 3.51. The van der Waals surface area contributed by atoms with Crippen LogP contribution >= 0.6 is 0 Å². The summed E-state index contributed by atoms with van der Waals surface area (Å²) < 4.78 is 0. The third-order valence-electron chi connectivity index (χ3n) is 3.74. The molecule has 21 heavy (non-hydrogen) atoms. The monoisotopic (exact) mass is 293 g/mol. The van der Waals surface area contributed by atoms with Crippen molar-refractivity contribution in [1.82, 2.24) is 15.2 Å². The molecule has 6 heteroatoms. The summed E-state index contributed by atoms with van der Waals surface area (Å²) in [4.78, 5) is 40.0. The first-order valence-corrected chi connectivity index (χ1v) is 6.88. The van der Waals surface area contributed by atoms with Crippen molar-refractivity contribution in [3.8, 4) is 0 Å². The summed E-state index contributed by atoms with van der Waals surface area (Å²) in [5.74, 6) is -0.407. The number of nitrogens with one attached hydrogen (secondary N) is 2. The van der Waals surface area contributed by atoms with E-state index >= 15 is 0 Å². The van der Waals surface area contributed by atoms with E-state index in [1.165, 1.54) is 11.8 Å². The molecule has 0 aliphatic heterocycles. The van der Waals surface area contributed by atoms with Crippen LogP contribution in [0.15, 0.2) is 0 Å². The highest BCUT2D eigenvalue weighted by atomic mass is 16.2. The standard InChI is InChI=1S/C15H23N3O3/c1-8(7-12(20)16-5)18(6)15(21)13-9(2)14(11(4)19)17-10(13)3/h8,17H,7H2,1-6H3,(H,16,20). The highest BCUT2D eigenvalue weighted by molar-refractivity contribution is 6.02. The summed E-state index contributed by atoms with van der Waals surface area (Å²) >= 11 is 0. The number of rotatable bonds is 5. The maximum atomic E-state index is 12.6. The number of Topliss-reactive ketones (excluding diaryl/α,β-unsaturated/α-hetero) is 1. The number of amides is 2. The zero-order valence-corrected chi connectivity index (χ0v) is 13.5. The average molecular weight is 293 g/mol. The molecule has 116 valence electrons. The molecule has 0 radical (unpaired) electrons. The Kier molecular flexibility index (Phi) is 5.29. The van der Waals surface area contributed by atoms with Crippen molar-refractivity contribution in [2.45, 2.75) is 40.2 Å². The van der Waals surface area contributed by atoms with Gasteiger partial charge in [-0.05, 0) is 26.3 Å². The first kappa shape index (κ1) is 16.9. The van der Waals surface area contributed by atoms with Crippen LogP contribution in [-0.4, -0.2) is 47.6 Å². The van der Waals surface area contributed by atoms with Gasteiger partial charge in [0.25, 0.3) is 5.91 Å². The Balaban J connectivity index is 3.03. The van der Waals surface area contributed by atoms with E-state index < -0.39 is 0 Å². The van der Waals surface area contributed by atoms with E-state index in [1.54, 1.807) is 27.9 Å². The Morgan fingerprint density at radius 3 is 2.29 bits per heavy atom. The lowest BCUT2D eigenvalue weighted by Crippen LogP contribution is -2.38. The minimum atomic E-state index is -0.230. The molecule has 2 N–H and O–H groups in total. The van der Waals surface area contributed by atoms with Gasteiger partial charge in [-0.15, -0.1) is 0 Å². The van der Waals surface area contributed by atoms with E-state index in [1.807, 2.05) is 6.92 Å². The van der Waals surface area contributed by atoms with Gasteiger partial charge in [-0.3, -0.25) is 14.4 Å². The van der Waals surface area contributed by atoms with Crippen LogP contribution in [0.1, 0.15) is 52.4 Å². The SMILES string of the molecule is CNC(=O)CC(C)N(C)C(=O)c1c(C)[nH]c(C(C)=O)c1C. The van der Waals surface area contributed by atoms with Crippen LogP contribution in [0.25, 0.3) is 0 Å². The Bertz CT molecular complexity index is 575. The fraction of sp³-hybridized carbons (Fsp3) is 0.533. The number of aromatic amines is 1. The summed E-state index contributed by atoms with van der Waals surface area (Å²) in [5, 5.41) is 2.54. The maximum Gasteiger partial charge on any atom is 0.255 e. The molecular weight excluding hydrogens is 270 g/mol. The van der Waals surface area contributed by atoms with Crippen molar-refractivity contribution < 1.29 is 14.4 Å². The van der Waals surface area contributed by atoms with E-state index in [-0.39, 0.29) is 30.1 Å². The van der Waals surface area contributed by atoms with E-state index in [0.717, 1.165) is 0 Å². The van der Waals surface area contributed by atoms with Crippen LogP contribution in [-0.2, 0) is 4.79 Å². The maximum absolute atomic E-state index is 12.6. The number of nitrogens with zero attached hydrogens (tertiary/aromatic N) is 1. The zero-order valence-electron chi connectivity index (χ0n) is 13.5. The summed E-state index contributed by atoms with van der Waals surface area (Å²) in [5.41, 5.74) is 2.29. The van der Waals surface area contributed by atoms with Crippen LogP contribution in [0.3, 0.4) is 0 Å². The van der Waals surface area contributed by atoms with E-state index in [2.05, 4.69) is 10.3 Å². The number of carbonyl (C=O) groups excluding carboxylic acids is 3. The molecule has 6 nitrogen and oxygen atoms in total. The second-order valence-electron chi connectivity index (χ2n) is 5.32. The average Bonchev–Trinajstić information content (AvgIpc) is 2.72. The van der Waals surface area contributed by atoms with Crippen molar-refractivity contribution in [1.29, 1.82) is 0 Å². The summed E-state index contributed by atoms with van der Waals surface area (Å²) in [7, 11) is 3.23. The number of hydrogen-bond acceptors (Lipinski definition) is 3. The van der Waals surface area contributed by atoms with Crippen LogP contribution in [0, 0.1) is 13.8 Å². The molecule has 1 heterocycles. The first-order valence-electron chi connectivity index (χ1n) is 6.88. The predicted molar refractivity (Wildman–Crippen MR) is 80.5 cm³/mol. The highest BCUT2D eigenvalue weighted by Gasteiger charge is 2.25. The number of ketones is 1. The number of carbonyl (C=O) groups is 3. The Morgan fingerprint density at radius 2 is 1.86 bits per heavy atom. The van der Waals surface area contributed by atoms with Gasteiger partial charge in [0.2, 0.25) is 5.91 Å². The second-order valence-corrected chi connectivity index (χ2v) is 5.32. The lowest BCUT2D eigenvalue weighted by molar-refractivity contribution is -0.121. The van der Waals surface area contributed by atoms with E-state index in [9.17, 15) is 14.4 Å². The summed E-state index contributed by atoms with van der Waals surface area (Å²) in [6.45, 7) is 6.80. The molecule has 1 rings (SSSR count). The van der Waals surface area contributed by atoms with E-state index in [4.69, 9.17) is 0 Å². The van der Waals surface area contributed by atoms with Gasteiger partial charge in [0.05, 0.1) is 11.3 Å². The molecule has 0 spiro atoms. The minimum absolute atomic E-state index is 0.101. The molecule has 0 fully saturated rings. The second kappa shape index (κ2) is 6.56. The first-order chi connectivity index (χ1) is 9.70. The molecule has 0 aliphatic rings. The normalized spacial score (nSPS) is 11.9. The fourth-order valence-electron chi connectivity index (χ4n) is 2.31. The van der Waals surface area contributed by atoms with Crippen molar-refractivity contribution in [3.63, 3.8) is 0 Å². The summed E-state index contributed by atoms with van der Waals surface area (Å²) in [6, 6.07) is -0.230. The number of aromatic nitrogens is 1. The molecule has 0 bridgehead atoms. The number of hydrogen-bond donors (Lipinski definition) is 2. The van der Waals surface area contributed by atoms with Crippen molar-refractivity contribution >= 4 is 17.6 Å². The quantitative estimate of drug-likeness (QED) is 0.806. The smallest absolute Gasteiger partial charge is 0.255 e. The largest absolute Gasteiger partial charge is 0.359 e. The van der Waals surface area contributed by atoms with Gasteiger partial charge in [0, 0.05) is 39.2 Å². The Labute approximate surface area is 124 Å². The lowest BCUT2D eigenvalue weighted by atomic mass is 10.1. The van der Waals surface area contributed by atoms with Crippen molar-refractivity contribution in [2.24, 2.45) is 0 Å². The molecule has 0 saturated carbocycles. The molecule has 1 aromatic heterocycles. The molecule has 0 aromatic carbocycles. The van der Waals surface area contributed by atoms with Crippen molar-refractivity contribution in [3.05, 3.63) is 22.5 Å². The Morgan fingerprint density at radius 1 is 1.29 bits per heavy atom. The van der Waals surface area contributed by atoms with Crippen LogP contribution in [0.4, 0.5) is 0 Å². The molecule has 0 saturated heterocycles. The van der Waals surface area contributed by atoms with Gasteiger partial charge in [0.15, 0.2) is 5.78 Å². The number of aryl methyl sites for hydroxylation is 1. The zero-order chi connectivity index (χ0) is 16.3. The summed E-state index contributed by atoms with van der Waals surface area (Å²) in [6.07, 6.45) is 0.237. The lowest BCUT2D eigenvalue weighted by Gasteiger charge is -2.24. The van der Waals surface area contributed by atoms with Crippen LogP contribution < -0.4 is 5.32 Å². The molecule has 1 aromatic rings. The van der Waals surface area contributed by atoms with Gasteiger partial charge in [-0.1, -0.05) is 0 Å². The fourth-order valence-corrected chi connectivity index (χ4v) is 2.31. The molecular formula is C15H23N3O3. The minimum Gasteiger partial charge on any atom is -0.359 e. The molecule has 2 amide bonds. The molecule has 1 atom stereocenters. The van der Waals surface area contributed by atoms with Gasteiger partial charge in [-0.25, -0.2) is 0 Å². The van der Waals surface area contributed by atoms with Crippen LogP contribution in [0.5, 0.6) is 0 Å². The topological polar surface area (TPSA) is 82.3 Å². The Hall–Kier alpha value is -2.11. The van der Waals surface area contributed by atoms with Crippen molar-refractivity contribution in [2.75, 3.05) is 14.1 Å². The predicted octanol–water partition coefficient (Wildman–Crippen LogP) is 1.43. The van der Waals surface area contributed by atoms with Gasteiger partial charge >= 0.3 is 0 Å². The third-order valence-corrected chi connectivity index (χ3v) is 3.74. The van der Waals surface area contributed by atoms with E-state index in [0.29, 0.717) is 22.5 Å². The van der Waals surface area contributed by atoms with Crippen LogP contribution in [0.2, 0.25) is 0 Å². The highest BCUT2D eigenvalue weighted by Crippen LogP contribution is 2.21. The van der Waals surface area contributed by atoms with Gasteiger partial charge in [-0.2, -0.15) is 0 Å². The molecule has 1 unspecified atom stereocenters.